The van der Waals surface area contributed by atoms with Gasteiger partial charge in [0.2, 0.25) is 5.91 Å². The van der Waals surface area contributed by atoms with Gasteiger partial charge in [-0.3, -0.25) is 9.78 Å². The Morgan fingerprint density at radius 2 is 2.12 bits per heavy atom. The molecule has 5 heterocycles. The first-order chi connectivity index (χ1) is 12.2. The van der Waals surface area contributed by atoms with Gasteiger partial charge >= 0.3 is 0 Å². The van der Waals surface area contributed by atoms with Crippen LogP contribution in [-0.2, 0) is 17.6 Å². The number of aryl methyl sites for hydroxylation is 1. The molecule has 0 aromatic carbocycles. The zero-order chi connectivity index (χ0) is 17.0. The third kappa shape index (κ3) is 2.24. The molecule has 126 valence electrons. The predicted octanol–water partition coefficient (Wildman–Crippen LogP) is 2.26. The highest BCUT2D eigenvalue weighted by Gasteiger charge is 2.43. The van der Waals surface area contributed by atoms with Crippen molar-refractivity contribution in [3.8, 4) is 0 Å². The summed E-state index contributed by atoms with van der Waals surface area (Å²) in [5.41, 5.74) is 5.27. The molecule has 1 amide bonds. The Morgan fingerprint density at radius 3 is 2.96 bits per heavy atom. The summed E-state index contributed by atoms with van der Waals surface area (Å²) in [7, 11) is 0. The second-order valence-electron chi connectivity index (χ2n) is 7.00. The zero-order valence-corrected chi connectivity index (χ0v) is 14.1. The van der Waals surface area contributed by atoms with E-state index in [-0.39, 0.29) is 18.0 Å². The molecule has 2 aliphatic heterocycles. The van der Waals surface area contributed by atoms with E-state index in [9.17, 15) is 4.79 Å². The Kier molecular flexibility index (Phi) is 3.13. The van der Waals surface area contributed by atoms with E-state index in [1.54, 1.807) is 12.4 Å². The molecule has 0 unspecified atom stereocenters. The molecule has 3 aromatic heterocycles. The van der Waals surface area contributed by atoms with Crippen molar-refractivity contribution in [3.05, 3.63) is 59.3 Å². The molecule has 0 N–H and O–H groups in total. The number of rotatable bonds is 2. The highest BCUT2D eigenvalue weighted by Crippen LogP contribution is 2.43. The van der Waals surface area contributed by atoms with E-state index in [4.69, 9.17) is 0 Å². The van der Waals surface area contributed by atoms with Crippen molar-refractivity contribution >= 4 is 11.6 Å². The molecular formula is C19H19N5O. The number of carbonyl (C=O) groups excluding carboxylic acids is 1. The van der Waals surface area contributed by atoms with Gasteiger partial charge in [0, 0.05) is 42.7 Å². The molecule has 6 heteroatoms. The van der Waals surface area contributed by atoms with Gasteiger partial charge in [-0.05, 0) is 37.5 Å². The molecule has 0 radical (unpaired) electrons. The van der Waals surface area contributed by atoms with Gasteiger partial charge < -0.3 is 4.90 Å². The van der Waals surface area contributed by atoms with E-state index < -0.39 is 0 Å². The van der Waals surface area contributed by atoms with Crippen LogP contribution in [0.15, 0.2) is 36.8 Å². The van der Waals surface area contributed by atoms with E-state index in [0.29, 0.717) is 6.42 Å². The predicted molar refractivity (Wildman–Crippen MR) is 92.0 cm³/mol. The first-order valence-electron chi connectivity index (χ1n) is 8.75. The van der Waals surface area contributed by atoms with Crippen LogP contribution in [0.5, 0.6) is 0 Å². The molecule has 3 aromatic rings. The van der Waals surface area contributed by atoms with Crippen molar-refractivity contribution in [1.29, 1.82) is 0 Å². The number of pyridine rings is 1. The minimum atomic E-state index is 0.129. The van der Waals surface area contributed by atoms with E-state index in [1.165, 1.54) is 5.69 Å². The van der Waals surface area contributed by atoms with Crippen LogP contribution in [0.3, 0.4) is 0 Å². The lowest BCUT2D eigenvalue weighted by Crippen LogP contribution is -2.43. The average Bonchev–Trinajstić information content (AvgIpc) is 3.15. The van der Waals surface area contributed by atoms with E-state index in [2.05, 4.69) is 20.0 Å². The number of carbonyl (C=O) groups is 1. The number of hydrogen-bond donors (Lipinski definition) is 0. The van der Waals surface area contributed by atoms with Gasteiger partial charge in [-0.25, -0.2) is 9.50 Å². The average molecular weight is 333 g/mol. The largest absolute Gasteiger partial charge is 0.332 e. The van der Waals surface area contributed by atoms with Crippen molar-refractivity contribution in [2.24, 2.45) is 0 Å². The third-order valence-corrected chi connectivity index (χ3v) is 5.42. The number of aromatic nitrogens is 4. The van der Waals surface area contributed by atoms with Crippen LogP contribution < -0.4 is 0 Å². The lowest BCUT2D eigenvalue weighted by atomic mass is 9.98. The fourth-order valence-corrected chi connectivity index (χ4v) is 4.35. The van der Waals surface area contributed by atoms with Gasteiger partial charge in [-0.1, -0.05) is 0 Å². The van der Waals surface area contributed by atoms with Crippen LogP contribution in [0.2, 0.25) is 0 Å². The minimum absolute atomic E-state index is 0.129. The lowest BCUT2D eigenvalue weighted by molar-refractivity contribution is -0.134. The minimum Gasteiger partial charge on any atom is -0.332 e. The van der Waals surface area contributed by atoms with Crippen LogP contribution in [0.4, 0.5) is 0 Å². The van der Waals surface area contributed by atoms with Crippen LogP contribution in [0.25, 0.3) is 5.65 Å². The smallest absolute Gasteiger partial charge is 0.227 e. The number of hydrogen-bond acceptors (Lipinski definition) is 4. The van der Waals surface area contributed by atoms with Crippen LogP contribution >= 0.6 is 0 Å². The molecule has 2 aliphatic rings. The van der Waals surface area contributed by atoms with Crippen LogP contribution in [0, 0.1) is 6.92 Å². The maximum atomic E-state index is 13.0. The molecule has 6 nitrogen and oxygen atoms in total. The van der Waals surface area contributed by atoms with Crippen molar-refractivity contribution in [2.75, 3.05) is 0 Å². The van der Waals surface area contributed by atoms with Gasteiger partial charge in [0.1, 0.15) is 0 Å². The summed E-state index contributed by atoms with van der Waals surface area (Å²) in [4.78, 5) is 23.6. The first kappa shape index (κ1) is 14.6. The fourth-order valence-electron chi connectivity index (χ4n) is 4.35. The second kappa shape index (κ2) is 5.37. The summed E-state index contributed by atoms with van der Waals surface area (Å²) in [6.45, 7) is 1.99. The molecule has 1 saturated heterocycles. The molecule has 2 atom stereocenters. The number of fused-ring (bicyclic) bond motifs is 6. The zero-order valence-electron chi connectivity index (χ0n) is 14.1. The summed E-state index contributed by atoms with van der Waals surface area (Å²) in [6.07, 6.45) is 8.77. The second-order valence-corrected chi connectivity index (χ2v) is 7.00. The topological polar surface area (TPSA) is 63.4 Å². The van der Waals surface area contributed by atoms with E-state index in [1.807, 2.05) is 35.8 Å². The highest BCUT2D eigenvalue weighted by atomic mass is 16.2. The van der Waals surface area contributed by atoms with E-state index in [0.717, 1.165) is 41.7 Å². The molecule has 25 heavy (non-hydrogen) atoms. The molecule has 2 bridgehead atoms. The Labute approximate surface area is 145 Å². The summed E-state index contributed by atoms with van der Waals surface area (Å²) in [5.74, 6) is 0.195. The van der Waals surface area contributed by atoms with Gasteiger partial charge in [0.05, 0.1) is 23.9 Å². The SMILES string of the molecule is Cc1cc2ncc3c(n2n1)C[C@@H]1CC[C@@H]3N1C(=O)Cc1ccncc1. The lowest BCUT2D eigenvalue weighted by Gasteiger charge is -2.36. The van der Waals surface area contributed by atoms with Crippen molar-refractivity contribution in [2.45, 2.75) is 44.7 Å². The molecule has 1 fully saturated rings. The van der Waals surface area contributed by atoms with Crippen molar-refractivity contribution in [3.63, 3.8) is 0 Å². The van der Waals surface area contributed by atoms with E-state index >= 15 is 0 Å². The van der Waals surface area contributed by atoms with Gasteiger partial charge in [-0.15, -0.1) is 0 Å². The number of amides is 1. The maximum absolute atomic E-state index is 13.0. The Bertz CT molecular complexity index is 965. The van der Waals surface area contributed by atoms with Crippen LogP contribution in [0.1, 0.15) is 41.4 Å². The molecule has 0 spiro atoms. The monoisotopic (exact) mass is 333 g/mol. The van der Waals surface area contributed by atoms with Gasteiger partial charge in [0.15, 0.2) is 5.65 Å². The highest BCUT2D eigenvalue weighted by molar-refractivity contribution is 5.80. The summed E-state index contributed by atoms with van der Waals surface area (Å²) in [5, 5.41) is 4.60. The van der Waals surface area contributed by atoms with Gasteiger partial charge in [0.25, 0.3) is 0 Å². The summed E-state index contributed by atoms with van der Waals surface area (Å²) >= 11 is 0. The Balaban J connectivity index is 1.51. The fraction of sp³-hybridized carbons (Fsp3) is 0.368. The summed E-state index contributed by atoms with van der Waals surface area (Å²) in [6, 6.07) is 6.22. The van der Waals surface area contributed by atoms with Gasteiger partial charge in [-0.2, -0.15) is 5.10 Å². The van der Waals surface area contributed by atoms with Crippen molar-refractivity contribution in [1.82, 2.24) is 24.5 Å². The third-order valence-electron chi connectivity index (χ3n) is 5.42. The maximum Gasteiger partial charge on any atom is 0.227 e. The molecular weight excluding hydrogens is 314 g/mol. The summed E-state index contributed by atoms with van der Waals surface area (Å²) < 4.78 is 1.97. The standard InChI is InChI=1S/C19H19N5O/c1-12-8-18-21-11-15-16-3-2-14(10-17(15)24(18)22-12)23(16)19(25)9-13-4-6-20-7-5-13/h4-8,11,14,16H,2-3,9-10H2,1H3/t14-,16-/m0/s1. The van der Waals surface area contributed by atoms with Crippen molar-refractivity contribution < 1.29 is 4.79 Å². The Morgan fingerprint density at radius 1 is 1.28 bits per heavy atom. The molecule has 5 rings (SSSR count). The molecule has 0 aliphatic carbocycles. The first-order valence-corrected chi connectivity index (χ1v) is 8.75. The number of nitrogens with zero attached hydrogens (tertiary/aromatic N) is 5. The van der Waals surface area contributed by atoms with Crippen LogP contribution in [-0.4, -0.2) is 36.4 Å². The molecule has 0 saturated carbocycles. The normalized spacial score (nSPS) is 21.6. The Hall–Kier alpha value is -2.76. The quantitative estimate of drug-likeness (QED) is 0.722.